The SMILES string of the molecule is CCC(C)(C)[C@H]1CCc2c(sc(NC(=O)[C@@H]3CCCC[C@@H]3C(=O)O)c2C(N)=O)C1. The number of primary amides is 1. The number of fused-ring (bicyclic) bond motifs is 1. The second-order valence-corrected chi connectivity index (χ2v) is 10.3. The summed E-state index contributed by atoms with van der Waals surface area (Å²) in [6.45, 7) is 6.76. The highest BCUT2D eigenvalue weighted by atomic mass is 32.1. The van der Waals surface area contributed by atoms with Crippen molar-refractivity contribution in [2.45, 2.75) is 72.1 Å². The van der Waals surface area contributed by atoms with E-state index in [0.29, 0.717) is 29.3 Å². The summed E-state index contributed by atoms with van der Waals surface area (Å²) < 4.78 is 0. The number of aliphatic carboxylic acids is 1. The van der Waals surface area contributed by atoms with Crippen molar-refractivity contribution in [3.8, 4) is 0 Å². The first-order valence-corrected chi connectivity index (χ1v) is 11.4. The van der Waals surface area contributed by atoms with E-state index < -0.39 is 23.7 Å². The molecule has 3 atom stereocenters. The lowest BCUT2D eigenvalue weighted by Crippen LogP contribution is -2.36. The number of carbonyl (C=O) groups excluding carboxylic acids is 2. The van der Waals surface area contributed by atoms with E-state index in [4.69, 9.17) is 5.73 Å². The fourth-order valence-electron chi connectivity index (χ4n) is 4.84. The number of nitrogens with two attached hydrogens (primary N) is 1. The summed E-state index contributed by atoms with van der Waals surface area (Å²) >= 11 is 1.44. The number of carboxylic acid groups (broad SMARTS) is 1. The number of amides is 2. The van der Waals surface area contributed by atoms with Gasteiger partial charge in [0.15, 0.2) is 0 Å². The molecule has 1 aromatic rings. The second kappa shape index (κ2) is 8.46. The molecule has 160 valence electrons. The van der Waals surface area contributed by atoms with Gasteiger partial charge >= 0.3 is 5.97 Å². The molecule has 2 amide bonds. The lowest BCUT2D eigenvalue weighted by molar-refractivity contribution is -0.147. The number of nitrogens with one attached hydrogen (secondary N) is 1. The van der Waals surface area contributed by atoms with Crippen molar-refractivity contribution in [3.63, 3.8) is 0 Å². The normalized spacial score (nSPS) is 24.6. The lowest BCUT2D eigenvalue weighted by atomic mass is 9.69. The molecule has 1 fully saturated rings. The number of rotatable bonds is 6. The molecule has 0 saturated heterocycles. The van der Waals surface area contributed by atoms with Gasteiger partial charge in [0.25, 0.3) is 5.91 Å². The molecule has 0 radical (unpaired) electrons. The zero-order valence-electron chi connectivity index (χ0n) is 17.5. The van der Waals surface area contributed by atoms with Gasteiger partial charge in [-0.1, -0.05) is 40.0 Å². The zero-order valence-corrected chi connectivity index (χ0v) is 18.4. The van der Waals surface area contributed by atoms with Crippen LogP contribution in [-0.4, -0.2) is 22.9 Å². The molecular weight excluding hydrogens is 388 g/mol. The van der Waals surface area contributed by atoms with Gasteiger partial charge in [-0.15, -0.1) is 11.3 Å². The third kappa shape index (κ3) is 4.34. The minimum Gasteiger partial charge on any atom is -0.481 e. The Kier molecular flexibility index (Phi) is 6.36. The second-order valence-electron chi connectivity index (χ2n) is 9.18. The fourth-order valence-corrected chi connectivity index (χ4v) is 6.17. The van der Waals surface area contributed by atoms with E-state index in [-0.39, 0.29) is 11.3 Å². The van der Waals surface area contributed by atoms with Gasteiger partial charge in [-0.3, -0.25) is 14.4 Å². The van der Waals surface area contributed by atoms with E-state index in [1.807, 2.05) is 0 Å². The van der Waals surface area contributed by atoms with Gasteiger partial charge in [0.2, 0.25) is 5.91 Å². The number of hydrogen-bond acceptors (Lipinski definition) is 4. The Hall–Kier alpha value is -1.89. The van der Waals surface area contributed by atoms with Crippen LogP contribution in [0.15, 0.2) is 0 Å². The van der Waals surface area contributed by atoms with Gasteiger partial charge in [0.1, 0.15) is 5.00 Å². The van der Waals surface area contributed by atoms with Crippen molar-refractivity contribution >= 4 is 34.1 Å². The monoisotopic (exact) mass is 420 g/mol. The molecule has 0 aliphatic heterocycles. The maximum atomic E-state index is 12.9. The first kappa shape index (κ1) is 21.8. The van der Waals surface area contributed by atoms with E-state index in [0.717, 1.165) is 49.0 Å². The highest BCUT2D eigenvalue weighted by molar-refractivity contribution is 7.17. The van der Waals surface area contributed by atoms with Crippen molar-refractivity contribution in [3.05, 3.63) is 16.0 Å². The summed E-state index contributed by atoms with van der Waals surface area (Å²) in [5, 5.41) is 12.9. The van der Waals surface area contributed by atoms with E-state index in [2.05, 4.69) is 26.1 Å². The van der Waals surface area contributed by atoms with E-state index in [1.54, 1.807) is 0 Å². The number of hydrogen-bond donors (Lipinski definition) is 3. The van der Waals surface area contributed by atoms with Gasteiger partial charge in [-0.2, -0.15) is 0 Å². The Bertz CT molecular complexity index is 814. The summed E-state index contributed by atoms with van der Waals surface area (Å²) in [6.07, 6.45) is 6.52. The Labute approximate surface area is 176 Å². The predicted octanol–water partition coefficient (Wildman–Crippen LogP) is 4.22. The lowest BCUT2D eigenvalue weighted by Gasteiger charge is -2.36. The molecule has 0 bridgehead atoms. The van der Waals surface area contributed by atoms with Crippen LogP contribution >= 0.6 is 11.3 Å². The minimum absolute atomic E-state index is 0.217. The highest BCUT2D eigenvalue weighted by Gasteiger charge is 2.38. The quantitative estimate of drug-likeness (QED) is 0.640. The van der Waals surface area contributed by atoms with Crippen molar-refractivity contribution in [1.82, 2.24) is 0 Å². The molecule has 6 nitrogen and oxygen atoms in total. The van der Waals surface area contributed by atoms with Crippen LogP contribution in [0.4, 0.5) is 5.00 Å². The zero-order chi connectivity index (χ0) is 21.3. The van der Waals surface area contributed by atoms with Crippen LogP contribution in [0.2, 0.25) is 0 Å². The summed E-state index contributed by atoms with van der Waals surface area (Å²) in [7, 11) is 0. The molecule has 4 N–H and O–H groups in total. The van der Waals surface area contributed by atoms with Crippen LogP contribution < -0.4 is 11.1 Å². The van der Waals surface area contributed by atoms with Crippen molar-refractivity contribution in [2.24, 2.45) is 28.9 Å². The Morgan fingerprint density at radius 2 is 1.83 bits per heavy atom. The number of carboxylic acids is 1. The van der Waals surface area contributed by atoms with E-state index in [1.165, 1.54) is 11.3 Å². The minimum atomic E-state index is -0.921. The fraction of sp³-hybridized carbons (Fsp3) is 0.682. The van der Waals surface area contributed by atoms with Crippen molar-refractivity contribution < 1.29 is 19.5 Å². The molecule has 0 aromatic carbocycles. The molecule has 2 aliphatic carbocycles. The van der Waals surface area contributed by atoms with Gasteiger partial charge in [0.05, 0.1) is 17.4 Å². The third-order valence-electron chi connectivity index (χ3n) is 7.18. The summed E-state index contributed by atoms with van der Waals surface area (Å²) in [4.78, 5) is 37.8. The third-order valence-corrected chi connectivity index (χ3v) is 8.35. The average molecular weight is 421 g/mol. The molecule has 0 unspecified atom stereocenters. The topological polar surface area (TPSA) is 109 Å². The van der Waals surface area contributed by atoms with Gasteiger partial charge < -0.3 is 16.2 Å². The number of thiophene rings is 1. The van der Waals surface area contributed by atoms with Crippen LogP contribution in [0, 0.1) is 23.2 Å². The Morgan fingerprint density at radius 3 is 2.41 bits per heavy atom. The standard InChI is InChI=1S/C22H32N2O4S/c1-4-22(2,3)12-9-10-15-16(11-12)29-20(17(15)18(23)25)24-19(26)13-7-5-6-8-14(13)21(27)28/h12-14H,4-11H2,1-3H3,(H2,23,25)(H,24,26)(H,27,28)/t12-,13+,14-/m0/s1. The van der Waals surface area contributed by atoms with Crippen LogP contribution in [0.1, 0.15) is 80.1 Å². The maximum Gasteiger partial charge on any atom is 0.307 e. The molecule has 3 rings (SSSR count). The average Bonchev–Trinajstić information content (AvgIpc) is 3.04. The highest BCUT2D eigenvalue weighted by Crippen LogP contribution is 2.45. The number of anilines is 1. The molecule has 0 spiro atoms. The molecule has 1 heterocycles. The maximum absolute atomic E-state index is 12.9. The molecule has 1 aromatic heterocycles. The molecule has 29 heavy (non-hydrogen) atoms. The first-order chi connectivity index (χ1) is 13.7. The van der Waals surface area contributed by atoms with Crippen LogP contribution in [0.25, 0.3) is 0 Å². The Balaban J connectivity index is 1.86. The van der Waals surface area contributed by atoms with Gasteiger partial charge in [0, 0.05) is 4.88 Å². The summed E-state index contributed by atoms with van der Waals surface area (Å²) in [5.74, 6) is -2.45. The van der Waals surface area contributed by atoms with E-state index >= 15 is 0 Å². The molecular formula is C22H32N2O4S. The molecule has 1 saturated carbocycles. The molecule has 2 aliphatic rings. The van der Waals surface area contributed by atoms with Crippen LogP contribution in [-0.2, 0) is 22.4 Å². The van der Waals surface area contributed by atoms with Gasteiger partial charge in [-0.25, -0.2) is 0 Å². The Morgan fingerprint density at radius 1 is 1.17 bits per heavy atom. The van der Waals surface area contributed by atoms with Crippen molar-refractivity contribution in [1.29, 1.82) is 0 Å². The predicted molar refractivity (Wildman–Crippen MR) is 114 cm³/mol. The largest absolute Gasteiger partial charge is 0.481 e. The smallest absolute Gasteiger partial charge is 0.307 e. The summed E-state index contributed by atoms with van der Waals surface area (Å²) in [6, 6.07) is 0. The van der Waals surface area contributed by atoms with Crippen LogP contribution in [0.5, 0.6) is 0 Å². The van der Waals surface area contributed by atoms with E-state index in [9.17, 15) is 19.5 Å². The summed E-state index contributed by atoms with van der Waals surface area (Å²) in [5.41, 5.74) is 7.30. The van der Waals surface area contributed by atoms with Crippen LogP contribution in [0.3, 0.4) is 0 Å². The first-order valence-electron chi connectivity index (χ1n) is 10.6. The number of carbonyl (C=O) groups is 3. The van der Waals surface area contributed by atoms with Crippen molar-refractivity contribution in [2.75, 3.05) is 5.32 Å². The molecule has 7 heteroatoms. The van der Waals surface area contributed by atoms with Gasteiger partial charge in [-0.05, 0) is 49.0 Å².